The molecule has 0 radical (unpaired) electrons. The quantitative estimate of drug-likeness (QED) is 0.359. The number of hydrogen-bond acceptors (Lipinski definition) is 3. The third kappa shape index (κ3) is 3.08. The summed E-state index contributed by atoms with van der Waals surface area (Å²) in [4.78, 5) is 44.4. The Morgan fingerprint density at radius 1 is 0.795 bits per heavy atom. The maximum absolute atomic E-state index is 14.7. The third-order valence-electron chi connectivity index (χ3n) is 8.54. The van der Waals surface area contributed by atoms with Crippen molar-refractivity contribution in [1.82, 2.24) is 0 Å². The second-order valence-corrected chi connectivity index (χ2v) is 10.8. The van der Waals surface area contributed by atoms with Crippen LogP contribution >= 0.6 is 0 Å². The van der Waals surface area contributed by atoms with E-state index < -0.39 is 29.0 Å². The zero-order valence-electron chi connectivity index (χ0n) is 21.4. The van der Waals surface area contributed by atoms with Gasteiger partial charge in [0.2, 0.25) is 17.7 Å². The largest absolute Gasteiger partial charge is 0.325 e. The first-order valence-corrected chi connectivity index (χ1v) is 13.0. The highest BCUT2D eigenvalue weighted by Crippen LogP contribution is 2.64. The summed E-state index contributed by atoms with van der Waals surface area (Å²) in [6.07, 6.45) is 0. The van der Waals surface area contributed by atoms with Gasteiger partial charge in [0.25, 0.3) is 0 Å². The van der Waals surface area contributed by atoms with Crippen LogP contribution in [0, 0.1) is 31.5 Å². The molecule has 0 aromatic heterocycles. The van der Waals surface area contributed by atoms with E-state index >= 15 is 0 Å². The van der Waals surface area contributed by atoms with E-state index in [2.05, 4.69) is 5.32 Å². The molecule has 5 nitrogen and oxygen atoms in total. The molecule has 3 aliphatic carbocycles. The number of anilines is 2. The van der Waals surface area contributed by atoms with Crippen LogP contribution in [0.5, 0.6) is 0 Å². The molecule has 0 saturated carbocycles. The molecule has 0 spiro atoms. The van der Waals surface area contributed by atoms with E-state index in [0.717, 1.165) is 38.3 Å². The number of amides is 3. The number of aryl methyl sites for hydroxylation is 2. The molecule has 3 amide bonds. The zero-order chi connectivity index (χ0) is 27.1. The summed E-state index contributed by atoms with van der Waals surface area (Å²) in [6.45, 7) is 3.93. The number of benzene rings is 4. The van der Waals surface area contributed by atoms with Gasteiger partial charge >= 0.3 is 0 Å². The van der Waals surface area contributed by atoms with Crippen molar-refractivity contribution >= 4 is 29.1 Å². The summed E-state index contributed by atoms with van der Waals surface area (Å²) in [5, 5.41) is 3.13. The molecule has 192 valence electrons. The second kappa shape index (κ2) is 8.21. The van der Waals surface area contributed by atoms with Crippen LogP contribution in [0.1, 0.15) is 39.3 Å². The van der Waals surface area contributed by atoms with Crippen LogP contribution in [0.2, 0.25) is 0 Å². The first-order chi connectivity index (χ1) is 18.8. The lowest BCUT2D eigenvalue weighted by Gasteiger charge is -2.52. The Labute approximate surface area is 225 Å². The fraction of sp³-hybridized carbons (Fsp3) is 0.182. The van der Waals surface area contributed by atoms with Crippen LogP contribution in [0.15, 0.2) is 91.0 Å². The Morgan fingerprint density at radius 3 is 1.95 bits per heavy atom. The van der Waals surface area contributed by atoms with Crippen LogP contribution < -0.4 is 10.2 Å². The maximum Gasteiger partial charge on any atom is 0.240 e. The molecule has 2 atom stereocenters. The van der Waals surface area contributed by atoms with Gasteiger partial charge < -0.3 is 5.32 Å². The average Bonchev–Trinajstić information content (AvgIpc) is 3.19. The number of carbonyl (C=O) groups excluding carboxylic acids is 3. The molecule has 8 rings (SSSR count). The van der Waals surface area contributed by atoms with Gasteiger partial charge in [0.15, 0.2) is 0 Å². The van der Waals surface area contributed by atoms with Gasteiger partial charge in [0.05, 0.1) is 17.5 Å². The molecule has 1 aliphatic heterocycles. The van der Waals surface area contributed by atoms with Crippen molar-refractivity contribution in [2.75, 3.05) is 10.2 Å². The van der Waals surface area contributed by atoms with Crippen LogP contribution in [0.25, 0.3) is 0 Å². The number of hydrogen-bond donors (Lipinski definition) is 1. The number of nitrogens with one attached hydrogen (secondary N) is 1. The lowest BCUT2D eigenvalue weighted by atomic mass is 9.47. The minimum atomic E-state index is -1.42. The maximum atomic E-state index is 14.7. The molecule has 1 saturated heterocycles. The fourth-order valence-electron chi connectivity index (χ4n) is 7.28. The monoisotopic (exact) mass is 516 g/mol. The Hall–Kier alpha value is -4.58. The van der Waals surface area contributed by atoms with Crippen LogP contribution in [0.4, 0.5) is 15.8 Å². The molecule has 4 aromatic rings. The van der Waals surface area contributed by atoms with E-state index in [4.69, 9.17) is 0 Å². The molecule has 2 unspecified atom stereocenters. The molecule has 6 heteroatoms. The van der Waals surface area contributed by atoms with Crippen molar-refractivity contribution in [3.63, 3.8) is 0 Å². The Bertz CT molecular complexity index is 1640. The SMILES string of the molecule is Cc1cc(C)cc(NC(=O)C23c4ccccc4C(c4ccccc42)C2C(=O)N(c4ccc(F)cc4)C(=O)C23)c1. The summed E-state index contributed by atoms with van der Waals surface area (Å²) in [7, 11) is 0. The van der Waals surface area contributed by atoms with Gasteiger partial charge in [0.1, 0.15) is 11.2 Å². The molecular formula is C33H25FN2O3. The minimum absolute atomic E-state index is 0.304. The lowest BCUT2D eigenvalue weighted by Crippen LogP contribution is -2.59. The number of carbonyl (C=O) groups is 3. The molecule has 39 heavy (non-hydrogen) atoms. The van der Waals surface area contributed by atoms with Gasteiger partial charge in [0, 0.05) is 11.6 Å². The molecule has 2 bridgehead atoms. The van der Waals surface area contributed by atoms with Crippen molar-refractivity contribution in [3.05, 3.63) is 130 Å². The molecule has 1 fully saturated rings. The first kappa shape index (κ1) is 23.5. The van der Waals surface area contributed by atoms with Crippen molar-refractivity contribution in [2.45, 2.75) is 25.2 Å². The van der Waals surface area contributed by atoms with E-state index in [9.17, 15) is 18.8 Å². The molecule has 4 aliphatic rings. The van der Waals surface area contributed by atoms with Crippen molar-refractivity contribution in [1.29, 1.82) is 0 Å². The fourth-order valence-corrected chi connectivity index (χ4v) is 7.28. The van der Waals surface area contributed by atoms with Gasteiger partial charge in [-0.3, -0.25) is 14.4 Å². The summed E-state index contributed by atoms with van der Waals surface area (Å²) in [5.41, 5.74) is 4.79. The van der Waals surface area contributed by atoms with Gasteiger partial charge in [-0.25, -0.2) is 9.29 Å². The normalized spacial score (nSPS) is 24.3. The highest BCUT2D eigenvalue weighted by Gasteiger charge is 2.71. The van der Waals surface area contributed by atoms with E-state index in [1.807, 2.05) is 80.6 Å². The minimum Gasteiger partial charge on any atom is -0.325 e. The number of halogens is 1. The Balaban J connectivity index is 1.48. The van der Waals surface area contributed by atoms with E-state index in [1.54, 1.807) is 0 Å². The predicted octanol–water partition coefficient (Wildman–Crippen LogP) is 5.63. The molecule has 1 N–H and O–H groups in total. The third-order valence-corrected chi connectivity index (χ3v) is 8.54. The van der Waals surface area contributed by atoms with Gasteiger partial charge in [-0.2, -0.15) is 0 Å². The van der Waals surface area contributed by atoms with Crippen LogP contribution in [0.3, 0.4) is 0 Å². The van der Waals surface area contributed by atoms with Gasteiger partial charge in [-0.1, -0.05) is 54.6 Å². The lowest BCUT2D eigenvalue weighted by molar-refractivity contribution is -0.132. The smallest absolute Gasteiger partial charge is 0.240 e. The topological polar surface area (TPSA) is 66.5 Å². The van der Waals surface area contributed by atoms with Gasteiger partial charge in [-0.15, -0.1) is 0 Å². The molecule has 4 aromatic carbocycles. The highest BCUT2D eigenvalue weighted by atomic mass is 19.1. The second-order valence-electron chi connectivity index (χ2n) is 10.8. The number of nitrogens with zero attached hydrogens (tertiary/aromatic N) is 1. The van der Waals surface area contributed by atoms with Crippen LogP contribution in [-0.4, -0.2) is 17.7 Å². The van der Waals surface area contributed by atoms with E-state index in [-0.39, 0.29) is 17.7 Å². The average molecular weight is 517 g/mol. The van der Waals surface area contributed by atoms with Gasteiger partial charge in [-0.05, 0) is 83.6 Å². The first-order valence-electron chi connectivity index (χ1n) is 13.0. The highest BCUT2D eigenvalue weighted by molar-refractivity contribution is 6.26. The van der Waals surface area contributed by atoms with Crippen LogP contribution in [-0.2, 0) is 19.8 Å². The van der Waals surface area contributed by atoms with E-state index in [1.165, 1.54) is 24.3 Å². The molecular weight excluding hydrogens is 491 g/mol. The summed E-state index contributed by atoms with van der Waals surface area (Å²) < 4.78 is 13.7. The van der Waals surface area contributed by atoms with Crippen molar-refractivity contribution in [2.24, 2.45) is 11.8 Å². The predicted molar refractivity (Wildman–Crippen MR) is 146 cm³/mol. The number of rotatable bonds is 3. The standard InChI is InChI=1S/C33H25FN2O3/c1-18-15-19(2)17-21(16-18)35-32(39)33-25-9-5-3-7-23(25)27(24-8-4-6-10-26(24)33)28-29(33)31(38)36(30(28)37)22-13-11-20(34)12-14-22/h3-17,27-29H,1-2H3,(H,35,39). The van der Waals surface area contributed by atoms with E-state index in [0.29, 0.717) is 11.4 Å². The number of imide groups is 1. The van der Waals surface area contributed by atoms with Crippen molar-refractivity contribution < 1.29 is 18.8 Å². The summed E-state index contributed by atoms with van der Waals surface area (Å²) >= 11 is 0. The summed E-state index contributed by atoms with van der Waals surface area (Å²) in [6, 6.07) is 26.5. The summed E-state index contributed by atoms with van der Waals surface area (Å²) in [5.74, 6) is -3.70. The zero-order valence-corrected chi connectivity index (χ0v) is 21.4. The Morgan fingerprint density at radius 2 is 1.36 bits per heavy atom. The Kier molecular flexibility index (Phi) is 4.95. The molecule has 1 heterocycles. The van der Waals surface area contributed by atoms with Crippen molar-refractivity contribution in [3.8, 4) is 0 Å².